The van der Waals surface area contributed by atoms with Gasteiger partial charge in [0.05, 0.1) is 4.88 Å². The van der Waals surface area contributed by atoms with Gasteiger partial charge >= 0.3 is 0 Å². The fourth-order valence-corrected chi connectivity index (χ4v) is 3.05. The van der Waals surface area contributed by atoms with E-state index in [2.05, 4.69) is 29.4 Å². The molecule has 5 nitrogen and oxygen atoms in total. The smallest absolute Gasteiger partial charge is 0.257 e. The first-order valence-electron chi connectivity index (χ1n) is 7.88. The van der Waals surface area contributed by atoms with Gasteiger partial charge in [0.2, 0.25) is 11.8 Å². The number of para-hydroxylation sites is 1. The topological polar surface area (TPSA) is 68.0 Å². The second kappa shape index (κ2) is 7.40. The van der Waals surface area contributed by atoms with E-state index in [1.807, 2.05) is 41.8 Å². The number of carbonyl (C=O) groups is 1. The number of rotatable bonds is 6. The molecule has 0 fully saturated rings. The Bertz CT molecular complexity index is 809. The van der Waals surface area contributed by atoms with Crippen molar-refractivity contribution in [2.45, 2.75) is 32.6 Å². The zero-order valence-electron chi connectivity index (χ0n) is 13.7. The maximum absolute atomic E-state index is 12.2. The lowest BCUT2D eigenvalue weighted by molar-refractivity contribution is -0.116. The number of benzene rings is 1. The lowest BCUT2D eigenvalue weighted by Gasteiger charge is -2.13. The Morgan fingerprint density at radius 1 is 1.21 bits per heavy atom. The van der Waals surface area contributed by atoms with Gasteiger partial charge in [-0.2, -0.15) is 0 Å². The molecular weight excluding hydrogens is 322 g/mol. The van der Waals surface area contributed by atoms with Crippen molar-refractivity contribution in [1.29, 1.82) is 0 Å². The second-order valence-corrected chi connectivity index (χ2v) is 6.72. The Morgan fingerprint density at radius 2 is 2.04 bits per heavy atom. The van der Waals surface area contributed by atoms with E-state index >= 15 is 0 Å². The van der Waals surface area contributed by atoms with Gasteiger partial charge in [-0.15, -0.1) is 21.5 Å². The molecule has 0 aliphatic heterocycles. The molecule has 3 rings (SSSR count). The summed E-state index contributed by atoms with van der Waals surface area (Å²) in [6.07, 6.45) is 0.729. The molecule has 2 heterocycles. The minimum atomic E-state index is -0.0565. The molecule has 0 bridgehead atoms. The molecule has 0 atom stereocenters. The number of aromatic nitrogens is 2. The highest BCUT2D eigenvalue weighted by Crippen LogP contribution is 2.25. The van der Waals surface area contributed by atoms with Crippen LogP contribution in [0.2, 0.25) is 0 Å². The Hall–Kier alpha value is -2.47. The van der Waals surface area contributed by atoms with Crippen molar-refractivity contribution in [3.63, 3.8) is 0 Å². The molecule has 1 aromatic carbocycles. The van der Waals surface area contributed by atoms with E-state index in [-0.39, 0.29) is 5.91 Å². The molecule has 0 aliphatic carbocycles. The predicted octanol–water partition coefficient (Wildman–Crippen LogP) is 4.49. The average Bonchev–Trinajstić information content (AvgIpc) is 3.24. The third-order valence-electron chi connectivity index (χ3n) is 3.62. The lowest BCUT2D eigenvalue weighted by atomic mass is 10.0. The van der Waals surface area contributed by atoms with E-state index in [1.165, 1.54) is 0 Å². The minimum absolute atomic E-state index is 0.0565. The molecule has 6 heteroatoms. The highest BCUT2D eigenvalue weighted by Gasteiger charge is 2.13. The number of hydrogen-bond acceptors (Lipinski definition) is 5. The summed E-state index contributed by atoms with van der Waals surface area (Å²) in [6.45, 7) is 4.21. The molecule has 1 N–H and O–H groups in total. The Labute approximate surface area is 144 Å². The van der Waals surface area contributed by atoms with Crippen molar-refractivity contribution in [2.24, 2.45) is 0 Å². The number of thiophene rings is 1. The molecule has 0 radical (unpaired) electrons. The number of anilines is 1. The standard InChI is InChI=1S/C18H19N3O2S/c1-12(2)13-6-3-4-7-14(13)19-16(22)9-10-17-20-21-18(23-17)15-8-5-11-24-15/h3-8,11-12H,9-10H2,1-2H3,(H,19,22). The quantitative estimate of drug-likeness (QED) is 0.717. The van der Waals surface area contributed by atoms with Crippen LogP contribution in [-0.4, -0.2) is 16.1 Å². The van der Waals surface area contributed by atoms with E-state index in [4.69, 9.17) is 4.42 Å². The van der Waals surface area contributed by atoms with Crippen LogP contribution in [0.5, 0.6) is 0 Å². The van der Waals surface area contributed by atoms with Crippen molar-refractivity contribution >= 4 is 22.9 Å². The zero-order valence-corrected chi connectivity index (χ0v) is 14.5. The molecular formula is C18H19N3O2S. The predicted molar refractivity (Wildman–Crippen MR) is 95.1 cm³/mol. The van der Waals surface area contributed by atoms with Crippen molar-refractivity contribution in [1.82, 2.24) is 10.2 Å². The maximum atomic E-state index is 12.2. The highest BCUT2D eigenvalue weighted by molar-refractivity contribution is 7.13. The van der Waals surface area contributed by atoms with Crippen LogP contribution >= 0.6 is 11.3 Å². The second-order valence-electron chi connectivity index (χ2n) is 5.77. The van der Waals surface area contributed by atoms with E-state index in [0.29, 0.717) is 30.5 Å². The van der Waals surface area contributed by atoms with Gasteiger partial charge in [0.15, 0.2) is 0 Å². The summed E-state index contributed by atoms with van der Waals surface area (Å²) in [5.74, 6) is 1.28. The molecule has 0 unspecified atom stereocenters. The monoisotopic (exact) mass is 341 g/mol. The molecule has 0 saturated carbocycles. The number of hydrogen-bond donors (Lipinski definition) is 1. The van der Waals surface area contributed by atoms with Gasteiger partial charge in [-0.3, -0.25) is 4.79 Å². The summed E-state index contributed by atoms with van der Waals surface area (Å²) >= 11 is 1.54. The van der Waals surface area contributed by atoms with E-state index in [0.717, 1.165) is 16.1 Å². The minimum Gasteiger partial charge on any atom is -0.420 e. The van der Waals surface area contributed by atoms with Crippen molar-refractivity contribution in [3.05, 3.63) is 53.2 Å². The van der Waals surface area contributed by atoms with Gasteiger partial charge < -0.3 is 9.73 Å². The number of carbonyl (C=O) groups excluding carboxylic acids is 1. The molecule has 3 aromatic rings. The third kappa shape index (κ3) is 3.89. The van der Waals surface area contributed by atoms with E-state index in [1.54, 1.807) is 11.3 Å². The van der Waals surface area contributed by atoms with E-state index in [9.17, 15) is 4.79 Å². The highest BCUT2D eigenvalue weighted by atomic mass is 32.1. The van der Waals surface area contributed by atoms with Crippen LogP contribution in [0.25, 0.3) is 10.8 Å². The summed E-state index contributed by atoms with van der Waals surface area (Å²) in [5.41, 5.74) is 1.99. The van der Waals surface area contributed by atoms with Gasteiger partial charge in [0, 0.05) is 18.5 Å². The number of amides is 1. The normalized spacial score (nSPS) is 11.0. The van der Waals surface area contributed by atoms with Gasteiger partial charge in [-0.1, -0.05) is 38.1 Å². The SMILES string of the molecule is CC(C)c1ccccc1NC(=O)CCc1nnc(-c2cccs2)o1. The summed E-state index contributed by atoms with van der Waals surface area (Å²) in [5, 5.41) is 13.0. The molecule has 0 aliphatic rings. The van der Waals surface area contributed by atoms with Crippen LogP contribution in [-0.2, 0) is 11.2 Å². The van der Waals surface area contributed by atoms with Crippen LogP contribution in [0.4, 0.5) is 5.69 Å². The largest absolute Gasteiger partial charge is 0.420 e. The fraction of sp³-hybridized carbons (Fsp3) is 0.278. The van der Waals surface area contributed by atoms with Gasteiger partial charge in [0.25, 0.3) is 5.89 Å². The molecule has 2 aromatic heterocycles. The van der Waals surface area contributed by atoms with E-state index < -0.39 is 0 Å². The van der Waals surface area contributed by atoms with Crippen molar-refractivity contribution in [3.8, 4) is 10.8 Å². The first-order valence-corrected chi connectivity index (χ1v) is 8.76. The summed E-state index contributed by atoms with van der Waals surface area (Å²) in [7, 11) is 0. The van der Waals surface area contributed by atoms with Crippen molar-refractivity contribution in [2.75, 3.05) is 5.32 Å². The first kappa shape index (κ1) is 16.4. The molecule has 1 amide bonds. The van der Waals surface area contributed by atoms with Crippen LogP contribution in [0.3, 0.4) is 0 Å². The molecule has 24 heavy (non-hydrogen) atoms. The average molecular weight is 341 g/mol. The number of nitrogens with one attached hydrogen (secondary N) is 1. The Kier molecular flexibility index (Phi) is 5.05. The Balaban J connectivity index is 1.58. The Morgan fingerprint density at radius 3 is 2.79 bits per heavy atom. The van der Waals surface area contributed by atoms with Crippen LogP contribution < -0.4 is 5.32 Å². The van der Waals surface area contributed by atoms with Crippen LogP contribution in [0.15, 0.2) is 46.2 Å². The lowest BCUT2D eigenvalue weighted by Crippen LogP contribution is -2.14. The summed E-state index contributed by atoms with van der Waals surface area (Å²) < 4.78 is 5.60. The van der Waals surface area contributed by atoms with Crippen LogP contribution in [0.1, 0.15) is 37.6 Å². The molecule has 0 spiro atoms. The zero-order chi connectivity index (χ0) is 16.9. The summed E-state index contributed by atoms with van der Waals surface area (Å²) in [4.78, 5) is 13.1. The van der Waals surface area contributed by atoms with Gasteiger partial charge in [-0.25, -0.2) is 0 Å². The van der Waals surface area contributed by atoms with Crippen LogP contribution in [0, 0.1) is 0 Å². The van der Waals surface area contributed by atoms with Gasteiger partial charge in [-0.05, 0) is 29.0 Å². The summed E-state index contributed by atoms with van der Waals surface area (Å²) in [6, 6.07) is 11.7. The van der Waals surface area contributed by atoms with Gasteiger partial charge in [0.1, 0.15) is 0 Å². The number of nitrogens with zero attached hydrogens (tertiary/aromatic N) is 2. The first-order chi connectivity index (χ1) is 11.6. The van der Waals surface area contributed by atoms with Crippen molar-refractivity contribution < 1.29 is 9.21 Å². The molecule has 124 valence electrons. The molecule has 0 saturated heterocycles. The maximum Gasteiger partial charge on any atom is 0.257 e. The fourth-order valence-electron chi connectivity index (χ4n) is 2.40. The number of aryl methyl sites for hydroxylation is 1. The third-order valence-corrected chi connectivity index (χ3v) is 4.48.